The molecule has 0 saturated carbocycles. The molecule has 3 N–H and O–H groups in total. The van der Waals surface area contributed by atoms with Crippen molar-refractivity contribution in [3.05, 3.63) is 101 Å². The lowest BCUT2D eigenvalue weighted by molar-refractivity contribution is -0.139. The Bertz CT molecular complexity index is 1470. The quantitative estimate of drug-likeness (QED) is 0.233. The van der Waals surface area contributed by atoms with Crippen LogP contribution in [0.15, 0.2) is 84.4 Å². The molecule has 0 spiro atoms. The van der Waals surface area contributed by atoms with E-state index in [2.05, 4.69) is 16.0 Å². The lowest BCUT2D eigenvalue weighted by atomic mass is 9.91. The molecule has 0 aromatic heterocycles. The first-order chi connectivity index (χ1) is 20.1. The fourth-order valence-corrected chi connectivity index (χ4v) is 4.69. The van der Waals surface area contributed by atoms with E-state index in [0.29, 0.717) is 29.8 Å². The molecule has 11 heteroatoms. The first kappa shape index (κ1) is 30.2. The minimum absolute atomic E-state index is 0.112. The van der Waals surface area contributed by atoms with Crippen molar-refractivity contribution < 1.29 is 32.3 Å². The number of urea groups is 2. The maximum Gasteiger partial charge on any atom is 0.418 e. The third-order valence-electron chi connectivity index (χ3n) is 6.56. The topological polar surface area (TPSA) is 99.8 Å². The highest BCUT2D eigenvalue weighted by molar-refractivity contribution is 6.05. The zero-order valence-electron chi connectivity index (χ0n) is 23.1. The van der Waals surface area contributed by atoms with Crippen LogP contribution >= 0.6 is 0 Å². The summed E-state index contributed by atoms with van der Waals surface area (Å²) in [5, 5.41) is 7.68. The SMILES string of the molecule is CCCCN1C(=O)NC(c2cccc(NC(=O)Nc3ccccc3C(F)(F)F)c2)C(C(=O)OCC)=C1c1ccccc1. The van der Waals surface area contributed by atoms with Crippen molar-refractivity contribution >= 4 is 35.1 Å². The van der Waals surface area contributed by atoms with Crippen LogP contribution in [0, 0.1) is 0 Å². The minimum atomic E-state index is -4.65. The van der Waals surface area contributed by atoms with E-state index in [0.717, 1.165) is 18.6 Å². The Morgan fingerprint density at radius 3 is 2.36 bits per heavy atom. The molecule has 1 unspecified atom stereocenters. The zero-order valence-corrected chi connectivity index (χ0v) is 23.1. The van der Waals surface area contributed by atoms with Crippen molar-refractivity contribution in [2.45, 2.75) is 38.9 Å². The van der Waals surface area contributed by atoms with Gasteiger partial charge in [-0.25, -0.2) is 14.4 Å². The number of hydrogen-bond acceptors (Lipinski definition) is 4. The predicted molar refractivity (Wildman–Crippen MR) is 153 cm³/mol. The number of nitrogens with one attached hydrogen (secondary N) is 3. The van der Waals surface area contributed by atoms with Crippen molar-refractivity contribution in [2.24, 2.45) is 0 Å². The molecule has 42 heavy (non-hydrogen) atoms. The maximum absolute atomic E-state index is 13.4. The Morgan fingerprint density at radius 1 is 0.952 bits per heavy atom. The Kier molecular flexibility index (Phi) is 9.51. The molecule has 1 heterocycles. The van der Waals surface area contributed by atoms with Crippen LogP contribution < -0.4 is 16.0 Å². The summed E-state index contributed by atoms with van der Waals surface area (Å²) >= 11 is 0. The Morgan fingerprint density at radius 2 is 1.67 bits per heavy atom. The van der Waals surface area contributed by atoms with Crippen LogP contribution in [0.3, 0.4) is 0 Å². The van der Waals surface area contributed by atoms with Crippen LogP contribution in [0.25, 0.3) is 5.70 Å². The molecule has 4 amide bonds. The van der Waals surface area contributed by atoms with Gasteiger partial charge in [-0.05, 0) is 48.7 Å². The fraction of sp³-hybridized carbons (Fsp3) is 0.258. The number of alkyl halides is 3. The maximum atomic E-state index is 13.4. The minimum Gasteiger partial charge on any atom is -0.463 e. The number of anilines is 2. The number of carbonyl (C=O) groups is 3. The van der Waals surface area contributed by atoms with Crippen molar-refractivity contribution in [3.63, 3.8) is 0 Å². The third kappa shape index (κ3) is 6.91. The van der Waals surface area contributed by atoms with Crippen LogP contribution in [-0.4, -0.2) is 36.1 Å². The average molecular weight is 581 g/mol. The Labute approximate surface area is 241 Å². The van der Waals surface area contributed by atoms with Gasteiger partial charge in [-0.3, -0.25) is 4.90 Å². The lowest BCUT2D eigenvalue weighted by Gasteiger charge is -2.37. The summed E-state index contributed by atoms with van der Waals surface area (Å²) in [6, 6.07) is 17.9. The third-order valence-corrected chi connectivity index (χ3v) is 6.56. The van der Waals surface area contributed by atoms with Gasteiger partial charge in [0, 0.05) is 12.2 Å². The van der Waals surface area contributed by atoms with E-state index in [1.165, 1.54) is 17.0 Å². The van der Waals surface area contributed by atoms with Crippen LogP contribution in [0.4, 0.5) is 34.1 Å². The van der Waals surface area contributed by atoms with E-state index in [4.69, 9.17) is 4.74 Å². The predicted octanol–water partition coefficient (Wildman–Crippen LogP) is 7.19. The smallest absolute Gasteiger partial charge is 0.418 e. The molecular weight excluding hydrogens is 549 g/mol. The molecule has 4 rings (SSSR count). The molecular formula is C31H31F3N4O4. The number of ether oxygens (including phenoxy) is 1. The van der Waals surface area contributed by atoms with Crippen molar-refractivity contribution in [3.8, 4) is 0 Å². The summed E-state index contributed by atoms with van der Waals surface area (Å²) in [5.74, 6) is -0.609. The van der Waals surface area contributed by atoms with Crippen LogP contribution in [-0.2, 0) is 15.7 Å². The van der Waals surface area contributed by atoms with Gasteiger partial charge >= 0.3 is 24.2 Å². The van der Waals surface area contributed by atoms with Crippen LogP contribution in [0.2, 0.25) is 0 Å². The number of hydrogen-bond donors (Lipinski definition) is 3. The summed E-state index contributed by atoms with van der Waals surface area (Å²) in [4.78, 5) is 41.1. The van der Waals surface area contributed by atoms with Gasteiger partial charge in [0.2, 0.25) is 0 Å². The van der Waals surface area contributed by atoms with Gasteiger partial charge in [-0.15, -0.1) is 0 Å². The van der Waals surface area contributed by atoms with Crippen molar-refractivity contribution in [2.75, 3.05) is 23.8 Å². The van der Waals surface area contributed by atoms with Crippen molar-refractivity contribution in [1.29, 1.82) is 0 Å². The molecule has 0 bridgehead atoms. The molecule has 1 atom stereocenters. The average Bonchev–Trinajstić information content (AvgIpc) is 2.96. The zero-order chi connectivity index (χ0) is 30.3. The number of halogens is 3. The number of unbranched alkanes of at least 4 members (excludes halogenated alkanes) is 1. The van der Waals surface area contributed by atoms with Crippen LogP contribution in [0.1, 0.15) is 49.4 Å². The highest BCUT2D eigenvalue weighted by atomic mass is 19.4. The van der Waals surface area contributed by atoms with E-state index in [-0.39, 0.29) is 17.9 Å². The molecule has 3 aromatic rings. The van der Waals surface area contributed by atoms with Gasteiger partial charge in [0.05, 0.1) is 35.2 Å². The van der Waals surface area contributed by atoms with E-state index in [1.54, 1.807) is 31.2 Å². The second-order valence-electron chi connectivity index (χ2n) is 9.48. The first-order valence-electron chi connectivity index (χ1n) is 13.5. The number of para-hydroxylation sites is 1. The summed E-state index contributed by atoms with van der Waals surface area (Å²) in [7, 11) is 0. The summed E-state index contributed by atoms with van der Waals surface area (Å²) in [6.45, 7) is 4.18. The first-order valence-corrected chi connectivity index (χ1v) is 13.5. The normalized spacial score (nSPS) is 15.2. The number of carbonyl (C=O) groups excluding carboxylic acids is 3. The van der Waals surface area contributed by atoms with Gasteiger partial charge in [0.1, 0.15) is 0 Å². The van der Waals surface area contributed by atoms with Crippen molar-refractivity contribution in [1.82, 2.24) is 10.2 Å². The lowest BCUT2D eigenvalue weighted by Crippen LogP contribution is -2.48. The molecule has 1 aliphatic heterocycles. The molecule has 3 aromatic carbocycles. The van der Waals surface area contributed by atoms with Gasteiger partial charge in [0.15, 0.2) is 0 Å². The Balaban J connectivity index is 1.71. The monoisotopic (exact) mass is 580 g/mol. The molecule has 220 valence electrons. The fourth-order valence-electron chi connectivity index (χ4n) is 4.69. The number of rotatable bonds is 9. The van der Waals surface area contributed by atoms with Gasteiger partial charge < -0.3 is 20.7 Å². The van der Waals surface area contributed by atoms with Gasteiger partial charge in [-0.1, -0.05) is 67.9 Å². The second-order valence-corrected chi connectivity index (χ2v) is 9.48. The summed E-state index contributed by atoms with van der Waals surface area (Å²) < 4.78 is 45.5. The molecule has 8 nitrogen and oxygen atoms in total. The number of esters is 1. The summed E-state index contributed by atoms with van der Waals surface area (Å²) in [5.41, 5.74) is 0.628. The number of nitrogens with zero attached hydrogens (tertiary/aromatic N) is 1. The largest absolute Gasteiger partial charge is 0.463 e. The molecule has 1 aliphatic rings. The van der Waals surface area contributed by atoms with E-state index < -0.39 is 41.5 Å². The molecule has 0 fully saturated rings. The second kappa shape index (κ2) is 13.2. The van der Waals surface area contributed by atoms with Gasteiger partial charge in [-0.2, -0.15) is 13.2 Å². The molecule has 0 aliphatic carbocycles. The van der Waals surface area contributed by atoms with E-state index in [1.807, 2.05) is 37.3 Å². The number of benzene rings is 3. The summed E-state index contributed by atoms with van der Waals surface area (Å²) in [6.07, 6.45) is -3.12. The highest BCUT2D eigenvalue weighted by Gasteiger charge is 2.39. The molecule has 0 radical (unpaired) electrons. The van der Waals surface area contributed by atoms with E-state index >= 15 is 0 Å². The number of amides is 4. The standard InChI is InChI=1S/C31H31F3N4O4/c1-3-5-18-38-27(20-12-7-6-8-13-20)25(28(39)42-4-2)26(37-30(38)41)21-14-11-15-22(19-21)35-29(40)36-24-17-10-9-16-23(24)31(32,33)34/h6-17,19,26H,3-5,18H2,1-2H3,(H,37,41)(H2,35,36,40). The highest BCUT2D eigenvalue weighted by Crippen LogP contribution is 2.38. The molecule has 0 saturated heterocycles. The Hall–Kier alpha value is -4.80. The van der Waals surface area contributed by atoms with E-state index in [9.17, 15) is 27.6 Å². The van der Waals surface area contributed by atoms with Crippen LogP contribution in [0.5, 0.6) is 0 Å². The van der Waals surface area contributed by atoms with Gasteiger partial charge in [0.25, 0.3) is 0 Å².